The Morgan fingerprint density at radius 2 is 2.11 bits per heavy atom. The summed E-state index contributed by atoms with van der Waals surface area (Å²) in [5, 5.41) is 3.62. The molecule has 0 radical (unpaired) electrons. The molecule has 1 N–H and O–H groups in total. The predicted molar refractivity (Wildman–Crippen MR) is 76.5 cm³/mol. The van der Waals surface area contributed by atoms with Gasteiger partial charge in [-0.2, -0.15) is 0 Å². The van der Waals surface area contributed by atoms with E-state index in [0.29, 0.717) is 6.04 Å². The maximum atomic E-state index is 13.6. The average molecular weight is 261 g/mol. The van der Waals surface area contributed by atoms with Gasteiger partial charge in [0.25, 0.3) is 0 Å². The highest BCUT2D eigenvalue weighted by atomic mass is 19.1. The van der Waals surface area contributed by atoms with Crippen molar-refractivity contribution in [2.45, 2.75) is 45.1 Å². The minimum Gasteiger partial charge on any atom is -0.314 e. The zero-order valence-electron chi connectivity index (χ0n) is 11.7. The maximum Gasteiger partial charge on any atom is 0.126 e. The molecule has 2 fully saturated rings. The molecule has 0 aliphatic heterocycles. The smallest absolute Gasteiger partial charge is 0.126 e. The van der Waals surface area contributed by atoms with Gasteiger partial charge in [0.1, 0.15) is 5.82 Å². The lowest BCUT2D eigenvalue weighted by atomic mass is 9.88. The number of rotatable bonds is 5. The molecule has 1 aromatic rings. The molecule has 0 aromatic heterocycles. The molecule has 1 aromatic carbocycles. The van der Waals surface area contributed by atoms with Crippen molar-refractivity contribution in [3.05, 3.63) is 35.6 Å². The third-order valence-corrected chi connectivity index (χ3v) is 5.10. The molecule has 0 spiro atoms. The normalized spacial score (nSPS) is 30.7. The van der Waals surface area contributed by atoms with E-state index in [4.69, 9.17) is 0 Å². The fourth-order valence-electron chi connectivity index (χ4n) is 4.04. The quantitative estimate of drug-likeness (QED) is 0.850. The fraction of sp³-hybridized carbons (Fsp3) is 0.647. The van der Waals surface area contributed by atoms with Gasteiger partial charge in [0.15, 0.2) is 0 Å². The molecule has 104 valence electrons. The van der Waals surface area contributed by atoms with Crippen LogP contribution in [0.5, 0.6) is 0 Å². The van der Waals surface area contributed by atoms with Crippen LogP contribution in [0.4, 0.5) is 4.39 Å². The van der Waals surface area contributed by atoms with Crippen LogP contribution in [0.3, 0.4) is 0 Å². The second-order valence-corrected chi connectivity index (χ2v) is 6.54. The number of hydrogen-bond acceptors (Lipinski definition) is 1. The molecule has 4 unspecified atom stereocenters. The van der Waals surface area contributed by atoms with Gasteiger partial charge in [-0.3, -0.25) is 0 Å². The molecule has 2 heteroatoms. The average Bonchev–Trinajstić information content (AvgIpc) is 3.01. The maximum absolute atomic E-state index is 13.6. The zero-order chi connectivity index (χ0) is 13.2. The first kappa shape index (κ1) is 13.1. The van der Waals surface area contributed by atoms with Gasteiger partial charge >= 0.3 is 0 Å². The zero-order valence-corrected chi connectivity index (χ0v) is 11.7. The van der Waals surface area contributed by atoms with E-state index in [2.05, 4.69) is 12.2 Å². The Bertz CT molecular complexity index is 431. The number of hydrogen-bond donors (Lipinski definition) is 1. The van der Waals surface area contributed by atoms with Gasteiger partial charge in [0.05, 0.1) is 0 Å². The van der Waals surface area contributed by atoms with Gasteiger partial charge in [-0.15, -0.1) is 0 Å². The second-order valence-electron chi connectivity index (χ2n) is 6.54. The Hall–Kier alpha value is -0.890. The number of nitrogens with one attached hydrogen (secondary N) is 1. The molecule has 0 heterocycles. The Morgan fingerprint density at radius 1 is 1.26 bits per heavy atom. The van der Waals surface area contributed by atoms with Crippen LogP contribution in [0.15, 0.2) is 24.3 Å². The van der Waals surface area contributed by atoms with Crippen molar-refractivity contribution in [2.75, 3.05) is 6.54 Å². The molecular weight excluding hydrogens is 237 g/mol. The van der Waals surface area contributed by atoms with Crippen molar-refractivity contribution in [3.8, 4) is 0 Å². The van der Waals surface area contributed by atoms with Crippen molar-refractivity contribution >= 4 is 0 Å². The summed E-state index contributed by atoms with van der Waals surface area (Å²) in [6.45, 7) is 3.29. The molecule has 2 aliphatic rings. The van der Waals surface area contributed by atoms with Gasteiger partial charge in [0, 0.05) is 6.04 Å². The first-order chi connectivity index (χ1) is 9.22. The molecule has 2 aliphatic carbocycles. The number of benzene rings is 1. The van der Waals surface area contributed by atoms with E-state index in [1.807, 2.05) is 12.1 Å². The highest BCUT2D eigenvalue weighted by Gasteiger charge is 2.39. The minimum absolute atomic E-state index is 0.0731. The van der Waals surface area contributed by atoms with Crippen LogP contribution in [0.2, 0.25) is 0 Å². The van der Waals surface area contributed by atoms with Gasteiger partial charge in [-0.1, -0.05) is 24.6 Å². The summed E-state index contributed by atoms with van der Waals surface area (Å²) in [4.78, 5) is 0. The van der Waals surface area contributed by atoms with Gasteiger partial charge in [-0.05, 0) is 68.5 Å². The summed E-state index contributed by atoms with van der Waals surface area (Å²) in [5.74, 6) is 2.79. The lowest BCUT2D eigenvalue weighted by molar-refractivity contribution is 0.308. The van der Waals surface area contributed by atoms with Gasteiger partial charge in [-0.25, -0.2) is 4.39 Å². The van der Waals surface area contributed by atoms with Crippen LogP contribution in [-0.2, 0) is 6.42 Å². The van der Waals surface area contributed by atoms with E-state index in [1.54, 1.807) is 12.1 Å². The van der Waals surface area contributed by atoms with Crippen molar-refractivity contribution in [1.82, 2.24) is 5.32 Å². The van der Waals surface area contributed by atoms with E-state index in [-0.39, 0.29) is 5.82 Å². The third kappa shape index (κ3) is 3.00. The Labute approximate surface area is 115 Å². The summed E-state index contributed by atoms with van der Waals surface area (Å²) in [7, 11) is 0. The second kappa shape index (κ2) is 5.62. The minimum atomic E-state index is -0.0731. The highest BCUT2D eigenvalue weighted by molar-refractivity contribution is 5.18. The summed E-state index contributed by atoms with van der Waals surface area (Å²) >= 11 is 0. The predicted octanol–water partition coefficient (Wildman–Crippen LogP) is 3.78. The van der Waals surface area contributed by atoms with Crippen molar-refractivity contribution in [2.24, 2.45) is 17.8 Å². The topological polar surface area (TPSA) is 12.0 Å². The van der Waals surface area contributed by atoms with Crippen LogP contribution in [0, 0.1) is 23.6 Å². The third-order valence-electron chi connectivity index (χ3n) is 5.10. The van der Waals surface area contributed by atoms with Crippen LogP contribution in [0.1, 0.15) is 38.2 Å². The molecule has 2 bridgehead atoms. The molecule has 0 saturated heterocycles. The Morgan fingerprint density at radius 3 is 2.79 bits per heavy atom. The Kier molecular flexibility index (Phi) is 3.88. The number of halogens is 1. The molecular formula is C17H24FN. The van der Waals surface area contributed by atoms with Gasteiger partial charge < -0.3 is 5.32 Å². The molecule has 4 atom stereocenters. The van der Waals surface area contributed by atoms with Crippen LogP contribution < -0.4 is 5.32 Å². The Balaban J connectivity index is 1.47. The summed E-state index contributed by atoms with van der Waals surface area (Å²) in [6, 6.07) is 7.48. The number of fused-ring (bicyclic) bond motifs is 2. The lowest BCUT2D eigenvalue weighted by Gasteiger charge is -2.24. The highest BCUT2D eigenvalue weighted by Crippen LogP contribution is 2.47. The lowest BCUT2D eigenvalue weighted by Crippen LogP contribution is -2.34. The summed E-state index contributed by atoms with van der Waals surface area (Å²) < 4.78 is 13.6. The SMILES string of the molecule is CC(Cc1ccccc1F)NCC1CC2CCC1C2. The molecule has 2 saturated carbocycles. The van der Waals surface area contributed by atoms with Crippen LogP contribution in [0.25, 0.3) is 0 Å². The standard InChI is InChI=1S/C17H24FN/c1-12(8-15-4-2-3-5-17(15)18)19-11-16-10-13-6-7-14(16)9-13/h2-5,12-14,16,19H,6-11H2,1H3. The molecule has 3 rings (SSSR count). The first-order valence-electron chi connectivity index (χ1n) is 7.69. The van der Waals surface area contributed by atoms with E-state index < -0.39 is 0 Å². The summed E-state index contributed by atoms with van der Waals surface area (Å²) in [5.41, 5.74) is 0.829. The van der Waals surface area contributed by atoms with E-state index >= 15 is 0 Å². The van der Waals surface area contributed by atoms with Crippen molar-refractivity contribution < 1.29 is 4.39 Å². The summed E-state index contributed by atoms with van der Waals surface area (Å²) in [6.07, 6.45) is 6.58. The van der Waals surface area contributed by atoms with E-state index in [0.717, 1.165) is 36.3 Å². The van der Waals surface area contributed by atoms with Gasteiger partial charge in [0.2, 0.25) is 0 Å². The van der Waals surface area contributed by atoms with Crippen LogP contribution >= 0.6 is 0 Å². The first-order valence-corrected chi connectivity index (χ1v) is 7.69. The fourth-order valence-corrected chi connectivity index (χ4v) is 4.04. The molecule has 1 nitrogen and oxygen atoms in total. The van der Waals surface area contributed by atoms with E-state index in [9.17, 15) is 4.39 Å². The van der Waals surface area contributed by atoms with Crippen molar-refractivity contribution in [3.63, 3.8) is 0 Å². The van der Waals surface area contributed by atoms with E-state index in [1.165, 1.54) is 25.7 Å². The van der Waals surface area contributed by atoms with Crippen LogP contribution in [-0.4, -0.2) is 12.6 Å². The van der Waals surface area contributed by atoms with Crippen molar-refractivity contribution in [1.29, 1.82) is 0 Å². The largest absolute Gasteiger partial charge is 0.314 e. The molecule has 0 amide bonds. The monoisotopic (exact) mass is 261 g/mol. The molecule has 19 heavy (non-hydrogen) atoms.